The number of carbonyl (C=O) groups excluding carboxylic acids is 2. The van der Waals surface area contributed by atoms with Crippen LogP contribution in [-0.4, -0.2) is 45.9 Å². The van der Waals surface area contributed by atoms with Gasteiger partial charge in [-0.25, -0.2) is 9.59 Å². The van der Waals surface area contributed by atoms with E-state index < -0.39 is 36.3 Å². The number of ether oxygens (including phenoxy) is 1. The molecule has 0 spiro atoms. The molecule has 2 aromatic rings. The van der Waals surface area contributed by atoms with Crippen LogP contribution in [0.5, 0.6) is 5.75 Å². The fourth-order valence-corrected chi connectivity index (χ4v) is 3.57. The largest absolute Gasteiger partial charge is 0.481 e. The molecule has 0 aromatic heterocycles. The fraction of sp³-hybridized carbons (Fsp3) is 0.261. The van der Waals surface area contributed by atoms with E-state index in [9.17, 15) is 19.2 Å². The van der Waals surface area contributed by atoms with Gasteiger partial charge in [0.05, 0.1) is 12.0 Å². The van der Waals surface area contributed by atoms with Gasteiger partial charge in [0, 0.05) is 12.0 Å². The van der Waals surface area contributed by atoms with Crippen molar-refractivity contribution in [2.45, 2.75) is 38.1 Å². The summed E-state index contributed by atoms with van der Waals surface area (Å²) in [6.45, 7) is 0. The van der Waals surface area contributed by atoms with Gasteiger partial charge in [-0.1, -0.05) is 12.1 Å². The Bertz CT molecular complexity index is 1140. The van der Waals surface area contributed by atoms with Crippen LogP contribution < -0.4 is 15.8 Å². The molecule has 0 saturated heterocycles. The molecule has 1 unspecified atom stereocenters. The Morgan fingerprint density at radius 3 is 2.48 bits per heavy atom. The van der Waals surface area contributed by atoms with Crippen LogP contribution in [0, 0.1) is 5.41 Å². The Labute approximate surface area is 188 Å². The van der Waals surface area contributed by atoms with E-state index in [1.807, 2.05) is 0 Å². The van der Waals surface area contributed by atoms with Gasteiger partial charge in [-0.05, 0) is 60.2 Å². The molecule has 2 aromatic carbocycles. The lowest BCUT2D eigenvalue weighted by molar-refractivity contribution is -0.147. The van der Waals surface area contributed by atoms with Crippen molar-refractivity contribution in [3.63, 3.8) is 0 Å². The number of amides is 1. The Morgan fingerprint density at radius 2 is 1.82 bits per heavy atom. The molecule has 0 bridgehead atoms. The second kappa shape index (κ2) is 9.94. The van der Waals surface area contributed by atoms with E-state index in [1.54, 1.807) is 36.4 Å². The lowest BCUT2D eigenvalue weighted by atomic mass is 9.94. The number of esters is 1. The van der Waals surface area contributed by atoms with Crippen LogP contribution in [0.1, 0.15) is 45.5 Å². The third kappa shape index (κ3) is 5.94. The van der Waals surface area contributed by atoms with Crippen LogP contribution in [0.2, 0.25) is 0 Å². The predicted octanol–water partition coefficient (Wildman–Crippen LogP) is 1.27. The average Bonchev–Trinajstić information content (AvgIpc) is 2.74. The summed E-state index contributed by atoms with van der Waals surface area (Å²) in [5.74, 6) is -3.50. The molecular weight excluding hydrogens is 430 g/mol. The monoisotopic (exact) mass is 453 g/mol. The number of hydrogen-bond donors (Lipinski definition) is 5. The van der Waals surface area contributed by atoms with E-state index in [-0.39, 0.29) is 18.7 Å². The van der Waals surface area contributed by atoms with Crippen LogP contribution in [0.15, 0.2) is 36.4 Å². The number of fused-ring (bicyclic) bond motifs is 2. The van der Waals surface area contributed by atoms with Crippen LogP contribution in [0.3, 0.4) is 0 Å². The summed E-state index contributed by atoms with van der Waals surface area (Å²) in [5.41, 5.74) is 8.76. The number of benzene rings is 2. The van der Waals surface area contributed by atoms with Gasteiger partial charge in [0.2, 0.25) is 5.91 Å². The maximum Gasteiger partial charge on any atom is 0.343 e. The number of aliphatic carboxylic acids is 2. The third-order valence-electron chi connectivity index (χ3n) is 5.28. The van der Waals surface area contributed by atoms with Crippen LogP contribution in [0.4, 0.5) is 0 Å². The second-order valence-corrected chi connectivity index (χ2v) is 7.67. The number of rotatable bonds is 8. The highest BCUT2D eigenvalue weighted by Gasteiger charge is 2.23. The van der Waals surface area contributed by atoms with E-state index in [0.29, 0.717) is 29.7 Å². The summed E-state index contributed by atoms with van der Waals surface area (Å²) in [6, 6.07) is 8.59. The minimum Gasteiger partial charge on any atom is -0.481 e. The Morgan fingerprint density at radius 1 is 1.09 bits per heavy atom. The van der Waals surface area contributed by atoms with Crippen molar-refractivity contribution in [1.29, 1.82) is 5.41 Å². The number of nitrogens with two attached hydrogens (primary N) is 1. The number of aryl methyl sites for hydroxylation is 3. The summed E-state index contributed by atoms with van der Waals surface area (Å²) in [4.78, 5) is 46.6. The molecule has 1 amide bonds. The average molecular weight is 453 g/mol. The molecule has 33 heavy (non-hydrogen) atoms. The molecule has 1 aliphatic heterocycles. The van der Waals surface area contributed by atoms with Crippen molar-refractivity contribution in [2.75, 3.05) is 0 Å². The van der Waals surface area contributed by atoms with Crippen molar-refractivity contribution in [1.82, 2.24) is 5.32 Å². The smallest absolute Gasteiger partial charge is 0.343 e. The van der Waals surface area contributed by atoms with Crippen LogP contribution >= 0.6 is 0 Å². The molecule has 6 N–H and O–H groups in total. The zero-order valence-electron chi connectivity index (χ0n) is 17.6. The fourth-order valence-electron chi connectivity index (χ4n) is 3.57. The highest BCUT2D eigenvalue weighted by atomic mass is 16.5. The minimum absolute atomic E-state index is 0.0442. The van der Waals surface area contributed by atoms with Gasteiger partial charge in [0.15, 0.2) is 0 Å². The number of nitrogens with one attached hydrogen (secondary N) is 2. The number of amidine groups is 1. The predicted molar refractivity (Wildman–Crippen MR) is 116 cm³/mol. The molecular formula is C23H23N3O7. The molecule has 10 nitrogen and oxygen atoms in total. The minimum atomic E-state index is -1.50. The summed E-state index contributed by atoms with van der Waals surface area (Å²) >= 11 is 0. The first-order valence-corrected chi connectivity index (χ1v) is 10.2. The molecule has 10 heteroatoms. The lowest BCUT2D eigenvalue weighted by Crippen LogP contribution is -2.42. The zero-order valence-corrected chi connectivity index (χ0v) is 17.6. The standard InChI is InChI=1S/C23H23N3O7/c24-21(25)15-5-7-18-14(10-15)4-3-13-9-12(1-6-16(13)23(32)33-18)2-8-19(27)26-17(22(30)31)11-20(28)29/h1,5-7,9-10,17H,2-4,8,11H2,(H3,24,25)(H,26,27)(H,28,29)(H,30,31). The molecule has 0 aliphatic carbocycles. The van der Waals surface area contributed by atoms with E-state index >= 15 is 0 Å². The number of carboxylic acids is 2. The SMILES string of the molecule is N=C(N)c1ccc2c(c1)CCc1cc(CCC(=O)NC(CC(=O)O)C(=O)O)ccc1C(=O)O2. The second-order valence-electron chi connectivity index (χ2n) is 7.67. The van der Waals surface area contributed by atoms with Crippen molar-refractivity contribution in [3.8, 4) is 5.75 Å². The summed E-state index contributed by atoms with van der Waals surface area (Å²) in [6.07, 6.45) is 0.597. The number of carboxylic acid groups (broad SMARTS) is 2. The van der Waals surface area contributed by atoms with Gasteiger partial charge in [0.25, 0.3) is 0 Å². The number of hydrogen-bond acceptors (Lipinski definition) is 6. The highest BCUT2D eigenvalue weighted by molar-refractivity contribution is 5.96. The zero-order chi connectivity index (χ0) is 24.1. The summed E-state index contributed by atoms with van der Waals surface area (Å²) < 4.78 is 5.52. The summed E-state index contributed by atoms with van der Waals surface area (Å²) in [5, 5.41) is 27.6. The highest BCUT2D eigenvalue weighted by Crippen LogP contribution is 2.27. The van der Waals surface area contributed by atoms with Gasteiger partial charge in [-0.2, -0.15) is 0 Å². The Hall–Kier alpha value is -4.21. The normalized spacial score (nSPS) is 13.4. The molecule has 1 heterocycles. The quantitative estimate of drug-likeness (QED) is 0.171. The first-order valence-electron chi connectivity index (χ1n) is 10.2. The topological polar surface area (TPSA) is 180 Å². The van der Waals surface area contributed by atoms with Crippen LogP contribution in [-0.2, 0) is 33.6 Å². The van der Waals surface area contributed by atoms with E-state index in [0.717, 1.165) is 16.7 Å². The van der Waals surface area contributed by atoms with E-state index in [2.05, 4.69) is 5.32 Å². The van der Waals surface area contributed by atoms with Gasteiger partial charge < -0.3 is 26.0 Å². The lowest BCUT2D eigenvalue weighted by Gasteiger charge is -2.18. The van der Waals surface area contributed by atoms with E-state index in [4.69, 9.17) is 26.1 Å². The summed E-state index contributed by atoms with van der Waals surface area (Å²) in [7, 11) is 0. The first kappa shape index (κ1) is 23.5. The van der Waals surface area contributed by atoms with Gasteiger partial charge >= 0.3 is 17.9 Å². The Kier molecular flexibility index (Phi) is 7.07. The first-order chi connectivity index (χ1) is 15.6. The van der Waals surface area contributed by atoms with Crippen LogP contribution in [0.25, 0.3) is 0 Å². The molecule has 1 atom stereocenters. The Balaban J connectivity index is 1.70. The molecule has 3 rings (SSSR count). The van der Waals surface area contributed by atoms with Crippen molar-refractivity contribution in [3.05, 3.63) is 64.2 Å². The van der Waals surface area contributed by atoms with Crippen molar-refractivity contribution in [2.24, 2.45) is 5.73 Å². The molecule has 0 radical (unpaired) electrons. The van der Waals surface area contributed by atoms with Gasteiger partial charge in [-0.3, -0.25) is 15.0 Å². The van der Waals surface area contributed by atoms with E-state index in [1.165, 1.54) is 0 Å². The maximum absolute atomic E-state index is 12.6. The van der Waals surface area contributed by atoms with Crippen molar-refractivity contribution >= 4 is 29.7 Å². The maximum atomic E-state index is 12.6. The molecule has 0 fully saturated rings. The molecule has 1 aliphatic rings. The molecule has 0 saturated carbocycles. The third-order valence-corrected chi connectivity index (χ3v) is 5.28. The van der Waals surface area contributed by atoms with Gasteiger partial charge in [-0.15, -0.1) is 0 Å². The van der Waals surface area contributed by atoms with Crippen molar-refractivity contribution < 1.29 is 34.1 Å². The van der Waals surface area contributed by atoms with Gasteiger partial charge in [0.1, 0.15) is 17.6 Å². The number of nitrogen functional groups attached to an aromatic ring is 1. The number of carbonyl (C=O) groups is 4. The molecule has 172 valence electrons.